The molecule has 2 N–H and O–H groups in total. The van der Waals surface area contributed by atoms with E-state index < -0.39 is 0 Å². The van der Waals surface area contributed by atoms with Crippen molar-refractivity contribution in [2.24, 2.45) is 0 Å². The third-order valence-corrected chi connectivity index (χ3v) is 4.12. The monoisotopic (exact) mass is 301 g/mol. The number of fused-ring (bicyclic) bond motifs is 1. The van der Waals surface area contributed by atoms with Crippen LogP contribution in [0.4, 0.5) is 0 Å². The molecule has 0 saturated carbocycles. The van der Waals surface area contributed by atoms with Crippen LogP contribution in [0.25, 0.3) is 10.2 Å². The Morgan fingerprint density at radius 2 is 2.14 bits per heavy atom. The summed E-state index contributed by atoms with van der Waals surface area (Å²) in [6, 6.07) is 11.7. The van der Waals surface area contributed by atoms with Crippen LogP contribution in [-0.4, -0.2) is 23.0 Å². The quantitative estimate of drug-likeness (QED) is 0.711. The normalized spacial score (nSPS) is 10.9. The number of benzene rings is 1. The molecule has 2 heterocycles. The second-order valence-electron chi connectivity index (χ2n) is 4.57. The first kappa shape index (κ1) is 13.8. The van der Waals surface area contributed by atoms with Crippen LogP contribution in [0.1, 0.15) is 21.2 Å². The minimum Gasteiger partial charge on any atom is -0.464 e. The molecule has 0 unspecified atom stereocenters. The Hall–Kier alpha value is -2.18. The van der Waals surface area contributed by atoms with E-state index in [1.807, 2.05) is 24.3 Å². The number of ether oxygens (including phenoxy) is 1. The Morgan fingerprint density at radius 1 is 1.29 bits per heavy atom. The van der Waals surface area contributed by atoms with E-state index in [0.717, 1.165) is 16.2 Å². The summed E-state index contributed by atoms with van der Waals surface area (Å²) in [6.45, 7) is 1.35. The van der Waals surface area contributed by atoms with Gasteiger partial charge < -0.3 is 15.0 Å². The van der Waals surface area contributed by atoms with Crippen molar-refractivity contribution in [1.29, 1.82) is 0 Å². The fourth-order valence-corrected chi connectivity index (χ4v) is 3.01. The SMILES string of the molecule is COC(=O)c1ccc(CNCc2nc3ccccc3s2)[nH]1. The lowest BCUT2D eigenvalue weighted by Crippen LogP contribution is -2.13. The van der Waals surface area contributed by atoms with Crippen molar-refractivity contribution in [3.8, 4) is 0 Å². The number of methoxy groups -OCH3 is 1. The molecule has 108 valence electrons. The van der Waals surface area contributed by atoms with Gasteiger partial charge in [-0.15, -0.1) is 11.3 Å². The Labute approximate surface area is 126 Å². The predicted octanol–water partition coefficient (Wildman–Crippen LogP) is 2.70. The van der Waals surface area contributed by atoms with Crippen LogP contribution < -0.4 is 5.32 Å². The summed E-state index contributed by atoms with van der Waals surface area (Å²) in [5, 5.41) is 4.37. The first-order valence-corrected chi connectivity index (χ1v) is 7.39. The maximum Gasteiger partial charge on any atom is 0.354 e. The molecular weight excluding hydrogens is 286 g/mol. The first-order chi connectivity index (χ1) is 10.3. The number of aromatic amines is 1. The number of carbonyl (C=O) groups is 1. The number of nitrogens with zero attached hydrogens (tertiary/aromatic N) is 1. The van der Waals surface area contributed by atoms with E-state index in [2.05, 4.69) is 26.1 Å². The van der Waals surface area contributed by atoms with Crippen molar-refractivity contribution < 1.29 is 9.53 Å². The minimum absolute atomic E-state index is 0.354. The maximum absolute atomic E-state index is 11.3. The highest BCUT2D eigenvalue weighted by Crippen LogP contribution is 2.21. The lowest BCUT2D eigenvalue weighted by atomic mass is 10.3. The van der Waals surface area contributed by atoms with E-state index in [1.54, 1.807) is 17.4 Å². The molecule has 3 aromatic rings. The molecule has 3 rings (SSSR count). The summed E-state index contributed by atoms with van der Waals surface area (Å²) >= 11 is 1.69. The molecule has 5 nitrogen and oxygen atoms in total. The van der Waals surface area contributed by atoms with Crippen molar-refractivity contribution in [2.45, 2.75) is 13.1 Å². The van der Waals surface area contributed by atoms with Gasteiger partial charge in [0.1, 0.15) is 10.7 Å². The number of rotatable bonds is 5. The molecule has 0 saturated heterocycles. The number of H-pyrrole nitrogens is 1. The summed E-state index contributed by atoms with van der Waals surface area (Å²) in [4.78, 5) is 18.9. The van der Waals surface area contributed by atoms with Gasteiger partial charge in [0.2, 0.25) is 0 Å². The highest BCUT2D eigenvalue weighted by Gasteiger charge is 2.08. The number of carbonyl (C=O) groups excluding carboxylic acids is 1. The number of aromatic nitrogens is 2. The van der Waals surface area contributed by atoms with Gasteiger partial charge in [-0.2, -0.15) is 0 Å². The molecule has 0 fully saturated rings. The van der Waals surface area contributed by atoms with E-state index in [1.165, 1.54) is 11.8 Å². The third-order valence-electron chi connectivity index (χ3n) is 3.08. The number of thiazole rings is 1. The number of hydrogen-bond acceptors (Lipinski definition) is 5. The Balaban J connectivity index is 1.58. The average molecular weight is 301 g/mol. The number of esters is 1. The van der Waals surface area contributed by atoms with E-state index in [9.17, 15) is 4.79 Å². The second kappa shape index (κ2) is 6.07. The largest absolute Gasteiger partial charge is 0.464 e. The Kier molecular flexibility index (Phi) is 3.98. The maximum atomic E-state index is 11.3. The van der Waals surface area contributed by atoms with Gasteiger partial charge in [0, 0.05) is 18.8 Å². The molecule has 0 spiro atoms. The number of hydrogen-bond donors (Lipinski definition) is 2. The van der Waals surface area contributed by atoms with Crippen molar-refractivity contribution in [1.82, 2.24) is 15.3 Å². The standard InChI is InChI=1S/C15H15N3O2S/c1-20-15(19)12-7-6-10(17-12)8-16-9-14-18-11-4-2-3-5-13(11)21-14/h2-7,16-17H,8-9H2,1H3. The molecule has 2 aromatic heterocycles. The molecule has 0 bridgehead atoms. The molecule has 0 aliphatic heterocycles. The molecule has 6 heteroatoms. The van der Waals surface area contributed by atoms with Gasteiger partial charge in [-0.25, -0.2) is 9.78 Å². The van der Waals surface area contributed by atoms with Crippen molar-refractivity contribution in [3.63, 3.8) is 0 Å². The van der Waals surface area contributed by atoms with Crippen molar-refractivity contribution in [2.75, 3.05) is 7.11 Å². The van der Waals surface area contributed by atoms with Gasteiger partial charge >= 0.3 is 5.97 Å². The van der Waals surface area contributed by atoms with Crippen LogP contribution in [0.5, 0.6) is 0 Å². The van der Waals surface area contributed by atoms with Crippen molar-refractivity contribution >= 4 is 27.5 Å². The van der Waals surface area contributed by atoms with Crippen LogP contribution in [0, 0.1) is 0 Å². The molecule has 1 aromatic carbocycles. The molecule has 0 aliphatic carbocycles. The smallest absolute Gasteiger partial charge is 0.354 e. The van der Waals surface area contributed by atoms with Gasteiger partial charge in [0.15, 0.2) is 0 Å². The first-order valence-electron chi connectivity index (χ1n) is 6.57. The van der Waals surface area contributed by atoms with Crippen molar-refractivity contribution in [3.05, 3.63) is 52.8 Å². The van der Waals surface area contributed by atoms with Gasteiger partial charge in [-0.1, -0.05) is 12.1 Å². The molecule has 0 radical (unpaired) electrons. The minimum atomic E-state index is -0.354. The van der Waals surface area contributed by atoms with Crippen LogP contribution in [0.2, 0.25) is 0 Å². The van der Waals surface area contributed by atoms with Crippen LogP contribution in [0.3, 0.4) is 0 Å². The summed E-state index contributed by atoms with van der Waals surface area (Å²) in [5.74, 6) is -0.354. The van der Waals surface area contributed by atoms with Crippen LogP contribution in [0.15, 0.2) is 36.4 Å². The third kappa shape index (κ3) is 3.12. The summed E-state index contributed by atoms with van der Waals surface area (Å²) in [5.41, 5.74) is 2.44. The highest BCUT2D eigenvalue weighted by atomic mass is 32.1. The van der Waals surface area contributed by atoms with E-state index in [4.69, 9.17) is 0 Å². The van der Waals surface area contributed by atoms with E-state index >= 15 is 0 Å². The zero-order chi connectivity index (χ0) is 14.7. The molecule has 0 amide bonds. The van der Waals surface area contributed by atoms with Gasteiger partial charge in [0.25, 0.3) is 0 Å². The summed E-state index contributed by atoms with van der Waals surface area (Å²) < 4.78 is 5.85. The molecule has 0 atom stereocenters. The molecule has 21 heavy (non-hydrogen) atoms. The Morgan fingerprint density at radius 3 is 2.95 bits per heavy atom. The fraction of sp³-hybridized carbons (Fsp3) is 0.200. The highest BCUT2D eigenvalue weighted by molar-refractivity contribution is 7.18. The molecular formula is C15H15N3O2S. The fourth-order valence-electron chi connectivity index (χ4n) is 2.07. The van der Waals surface area contributed by atoms with Gasteiger partial charge in [-0.05, 0) is 24.3 Å². The Bertz CT molecular complexity index is 730. The zero-order valence-corrected chi connectivity index (χ0v) is 12.4. The topological polar surface area (TPSA) is 67.0 Å². The van der Waals surface area contributed by atoms with Crippen LogP contribution >= 0.6 is 11.3 Å². The van der Waals surface area contributed by atoms with E-state index in [-0.39, 0.29) is 5.97 Å². The van der Waals surface area contributed by atoms with Crippen LogP contribution in [-0.2, 0) is 17.8 Å². The lowest BCUT2D eigenvalue weighted by molar-refractivity contribution is 0.0594. The summed E-state index contributed by atoms with van der Waals surface area (Å²) in [7, 11) is 1.37. The number of para-hydroxylation sites is 1. The lowest BCUT2D eigenvalue weighted by Gasteiger charge is -2.00. The average Bonchev–Trinajstić information content (AvgIpc) is 3.12. The van der Waals surface area contributed by atoms with Gasteiger partial charge in [-0.3, -0.25) is 0 Å². The predicted molar refractivity (Wildman–Crippen MR) is 82.3 cm³/mol. The molecule has 0 aliphatic rings. The number of nitrogens with one attached hydrogen (secondary N) is 2. The zero-order valence-electron chi connectivity index (χ0n) is 11.6. The van der Waals surface area contributed by atoms with E-state index in [0.29, 0.717) is 18.8 Å². The van der Waals surface area contributed by atoms with Gasteiger partial charge in [0.05, 0.1) is 17.3 Å². The summed E-state index contributed by atoms with van der Waals surface area (Å²) in [6.07, 6.45) is 0. The second-order valence-corrected chi connectivity index (χ2v) is 5.68.